The molecule has 1 saturated heterocycles. The van der Waals surface area contributed by atoms with Crippen molar-refractivity contribution < 1.29 is 14.0 Å². The fraction of sp³-hybridized carbons (Fsp3) is 0.444. The molecule has 1 aromatic heterocycles. The Bertz CT molecular complexity index is 767. The summed E-state index contributed by atoms with van der Waals surface area (Å²) in [7, 11) is 0. The van der Waals surface area contributed by atoms with E-state index < -0.39 is 0 Å². The molecule has 7 nitrogen and oxygen atoms in total. The Morgan fingerprint density at radius 3 is 2.64 bits per heavy atom. The van der Waals surface area contributed by atoms with Crippen LogP contribution in [0.3, 0.4) is 0 Å². The number of benzene rings is 1. The number of aromatic nitrogens is 2. The molecule has 0 aliphatic carbocycles. The number of hydrogen-bond donors (Lipinski definition) is 1. The first kappa shape index (κ1) is 17.1. The molecule has 0 spiro atoms. The van der Waals surface area contributed by atoms with Crippen LogP contribution in [0.5, 0.6) is 0 Å². The van der Waals surface area contributed by atoms with E-state index in [9.17, 15) is 9.59 Å². The molecule has 1 fully saturated rings. The van der Waals surface area contributed by atoms with E-state index in [0.717, 1.165) is 5.69 Å². The summed E-state index contributed by atoms with van der Waals surface area (Å²) >= 11 is 0. The van der Waals surface area contributed by atoms with Crippen molar-refractivity contribution in [2.75, 3.05) is 11.4 Å². The zero-order valence-electron chi connectivity index (χ0n) is 14.7. The molecule has 0 saturated carbocycles. The normalized spacial score (nSPS) is 17.4. The Morgan fingerprint density at radius 2 is 2.04 bits per heavy atom. The van der Waals surface area contributed by atoms with Gasteiger partial charge in [0.2, 0.25) is 23.6 Å². The molecule has 0 unspecified atom stereocenters. The minimum Gasteiger partial charge on any atom is -0.424 e. The van der Waals surface area contributed by atoms with Gasteiger partial charge in [0.05, 0.1) is 12.5 Å². The van der Waals surface area contributed by atoms with Crippen LogP contribution < -0.4 is 10.2 Å². The number of carbonyl (C=O) groups excluding carboxylic acids is 2. The molecule has 0 radical (unpaired) electrons. The Morgan fingerprint density at radius 1 is 1.32 bits per heavy atom. The number of amides is 2. The van der Waals surface area contributed by atoms with E-state index in [2.05, 4.69) is 29.4 Å². The van der Waals surface area contributed by atoms with Crippen LogP contribution in [0.25, 0.3) is 0 Å². The van der Waals surface area contributed by atoms with Crippen LogP contribution in [-0.4, -0.2) is 28.6 Å². The predicted octanol–water partition coefficient (Wildman–Crippen LogP) is 2.17. The summed E-state index contributed by atoms with van der Waals surface area (Å²) in [5, 5.41) is 10.3. The third-order valence-electron chi connectivity index (χ3n) is 4.35. The number of nitrogens with one attached hydrogen (secondary N) is 1. The molecule has 1 aromatic carbocycles. The first-order chi connectivity index (χ1) is 11.9. The van der Waals surface area contributed by atoms with Gasteiger partial charge in [-0.1, -0.05) is 26.0 Å². The van der Waals surface area contributed by atoms with Crippen molar-refractivity contribution in [2.24, 2.45) is 5.92 Å². The lowest BCUT2D eigenvalue weighted by atomic mass is 10.0. The molecule has 1 aliphatic rings. The highest BCUT2D eigenvalue weighted by Gasteiger charge is 2.35. The highest BCUT2D eigenvalue weighted by Crippen LogP contribution is 2.27. The van der Waals surface area contributed by atoms with Gasteiger partial charge >= 0.3 is 0 Å². The molecule has 2 heterocycles. The number of hydrogen-bond acceptors (Lipinski definition) is 5. The average Bonchev–Trinajstić information content (AvgIpc) is 3.18. The van der Waals surface area contributed by atoms with Gasteiger partial charge in [-0.15, -0.1) is 10.2 Å². The summed E-state index contributed by atoms with van der Waals surface area (Å²) in [5.74, 6) is 0.667. The minimum absolute atomic E-state index is 0.0360. The topological polar surface area (TPSA) is 88.3 Å². The Balaban J connectivity index is 1.60. The molecule has 0 bridgehead atoms. The van der Waals surface area contributed by atoms with Gasteiger partial charge in [0.25, 0.3) is 0 Å². The first-order valence-electron chi connectivity index (χ1n) is 8.41. The smallest absolute Gasteiger partial charge is 0.235 e. The van der Waals surface area contributed by atoms with Crippen LogP contribution in [-0.2, 0) is 16.1 Å². The van der Waals surface area contributed by atoms with Gasteiger partial charge in [-0.2, -0.15) is 0 Å². The molecular formula is C18H22N4O3. The van der Waals surface area contributed by atoms with E-state index in [0.29, 0.717) is 24.2 Å². The fourth-order valence-corrected chi connectivity index (χ4v) is 2.89. The lowest BCUT2D eigenvalue weighted by molar-refractivity contribution is -0.126. The van der Waals surface area contributed by atoms with Crippen molar-refractivity contribution in [1.29, 1.82) is 0 Å². The number of rotatable bonds is 5. The first-order valence-corrected chi connectivity index (χ1v) is 8.41. The van der Waals surface area contributed by atoms with Gasteiger partial charge in [-0.3, -0.25) is 9.59 Å². The maximum atomic E-state index is 12.3. The van der Waals surface area contributed by atoms with E-state index in [1.54, 1.807) is 11.8 Å². The number of carbonyl (C=O) groups is 2. The molecular weight excluding hydrogens is 320 g/mol. The van der Waals surface area contributed by atoms with Gasteiger partial charge in [-0.05, 0) is 23.6 Å². The Kier molecular flexibility index (Phi) is 4.83. The van der Waals surface area contributed by atoms with Crippen LogP contribution in [0.2, 0.25) is 0 Å². The van der Waals surface area contributed by atoms with Gasteiger partial charge < -0.3 is 14.6 Å². The molecule has 1 aliphatic heterocycles. The lowest BCUT2D eigenvalue weighted by Crippen LogP contribution is -2.32. The van der Waals surface area contributed by atoms with Gasteiger partial charge in [0, 0.05) is 25.6 Å². The maximum absolute atomic E-state index is 12.3. The second-order valence-electron chi connectivity index (χ2n) is 6.58. The fourth-order valence-electron chi connectivity index (χ4n) is 2.89. The van der Waals surface area contributed by atoms with Crippen LogP contribution >= 0.6 is 0 Å². The third kappa shape index (κ3) is 3.87. The highest BCUT2D eigenvalue weighted by atomic mass is 16.4. The summed E-state index contributed by atoms with van der Waals surface area (Å²) in [6.45, 7) is 6.50. The van der Waals surface area contributed by atoms with Crippen molar-refractivity contribution in [3.05, 3.63) is 41.6 Å². The molecule has 7 heteroatoms. The molecule has 2 amide bonds. The number of nitrogens with zero attached hydrogens (tertiary/aromatic N) is 3. The van der Waals surface area contributed by atoms with E-state index >= 15 is 0 Å². The number of aryl methyl sites for hydroxylation is 1. The standard InChI is InChI=1S/C18H22N4O3/c1-11(2)13-4-6-15(7-5-13)22-10-14(8-17(22)23)18(24)19-9-16-21-20-12(3)25-16/h4-7,11,14H,8-10H2,1-3H3,(H,19,24)/t14-/m1/s1. The second kappa shape index (κ2) is 7.04. The minimum atomic E-state index is -0.374. The van der Waals surface area contributed by atoms with Crippen LogP contribution in [0, 0.1) is 12.8 Å². The molecule has 3 rings (SSSR count). The number of anilines is 1. The van der Waals surface area contributed by atoms with E-state index in [1.807, 2.05) is 24.3 Å². The van der Waals surface area contributed by atoms with Crippen LogP contribution in [0.4, 0.5) is 5.69 Å². The van der Waals surface area contributed by atoms with Crippen LogP contribution in [0.1, 0.15) is 43.5 Å². The zero-order valence-corrected chi connectivity index (χ0v) is 14.7. The average molecular weight is 342 g/mol. The highest BCUT2D eigenvalue weighted by molar-refractivity contribution is 6.00. The van der Waals surface area contributed by atoms with Crippen molar-refractivity contribution in [1.82, 2.24) is 15.5 Å². The van der Waals surface area contributed by atoms with Gasteiger partial charge in [0.15, 0.2) is 0 Å². The van der Waals surface area contributed by atoms with Crippen molar-refractivity contribution in [3.63, 3.8) is 0 Å². The quantitative estimate of drug-likeness (QED) is 0.899. The lowest BCUT2D eigenvalue weighted by Gasteiger charge is -2.17. The summed E-state index contributed by atoms with van der Waals surface area (Å²) in [4.78, 5) is 26.3. The SMILES string of the molecule is Cc1nnc(CNC(=O)[C@@H]2CC(=O)N(c3ccc(C(C)C)cc3)C2)o1. The third-order valence-corrected chi connectivity index (χ3v) is 4.35. The summed E-state index contributed by atoms with van der Waals surface area (Å²) in [5.41, 5.74) is 2.05. The van der Waals surface area contributed by atoms with E-state index in [4.69, 9.17) is 4.42 Å². The molecule has 132 valence electrons. The van der Waals surface area contributed by atoms with Crippen LogP contribution in [0.15, 0.2) is 28.7 Å². The molecule has 1 atom stereocenters. The summed E-state index contributed by atoms with van der Waals surface area (Å²) < 4.78 is 5.22. The second-order valence-corrected chi connectivity index (χ2v) is 6.58. The Hall–Kier alpha value is -2.70. The van der Waals surface area contributed by atoms with Gasteiger partial charge in [-0.25, -0.2) is 0 Å². The van der Waals surface area contributed by atoms with Crippen molar-refractivity contribution in [3.8, 4) is 0 Å². The molecule has 2 aromatic rings. The largest absolute Gasteiger partial charge is 0.424 e. The predicted molar refractivity (Wildman–Crippen MR) is 91.9 cm³/mol. The van der Waals surface area contributed by atoms with E-state index in [1.165, 1.54) is 5.56 Å². The maximum Gasteiger partial charge on any atom is 0.235 e. The molecule has 1 N–H and O–H groups in total. The van der Waals surface area contributed by atoms with Gasteiger partial charge in [0.1, 0.15) is 0 Å². The molecule has 25 heavy (non-hydrogen) atoms. The van der Waals surface area contributed by atoms with Crippen molar-refractivity contribution >= 4 is 17.5 Å². The monoisotopic (exact) mass is 342 g/mol. The van der Waals surface area contributed by atoms with E-state index in [-0.39, 0.29) is 30.7 Å². The zero-order chi connectivity index (χ0) is 18.0. The summed E-state index contributed by atoms with van der Waals surface area (Å²) in [6, 6.07) is 7.93. The Labute approximate surface area is 146 Å². The van der Waals surface area contributed by atoms with Crippen molar-refractivity contribution in [2.45, 2.75) is 39.7 Å². The summed E-state index contributed by atoms with van der Waals surface area (Å²) in [6.07, 6.45) is 0.209.